The highest BCUT2D eigenvalue weighted by atomic mass is 35.5. The van der Waals surface area contributed by atoms with E-state index in [1.807, 2.05) is 4.90 Å². The van der Waals surface area contributed by atoms with Gasteiger partial charge in [0.15, 0.2) is 9.84 Å². The third-order valence-electron chi connectivity index (χ3n) is 2.17. The number of alkyl halides is 1. The van der Waals surface area contributed by atoms with Crippen molar-refractivity contribution in [2.45, 2.75) is 5.37 Å². The van der Waals surface area contributed by atoms with E-state index in [4.69, 9.17) is 11.6 Å². The Labute approximate surface area is 84.2 Å². The molecule has 1 rings (SSSR count). The summed E-state index contributed by atoms with van der Waals surface area (Å²) in [6.45, 7) is 2.74. The van der Waals surface area contributed by atoms with E-state index in [9.17, 15) is 8.42 Å². The summed E-state index contributed by atoms with van der Waals surface area (Å²) in [6, 6.07) is 0. The normalized spacial score (nSPS) is 26.2. The van der Waals surface area contributed by atoms with Gasteiger partial charge in [-0.2, -0.15) is 0 Å². The maximum Gasteiger partial charge on any atom is 0.164 e. The van der Waals surface area contributed by atoms with Gasteiger partial charge in [-0.3, -0.25) is 4.90 Å². The van der Waals surface area contributed by atoms with Gasteiger partial charge in [-0.15, -0.1) is 11.6 Å². The fourth-order valence-electron chi connectivity index (χ4n) is 1.51. The third kappa shape index (κ3) is 3.09. The Morgan fingerprint density at radius 3 is 2.85 bits per heavy atom. The molecule has 1 N–H and O–H groups in total. The largest absolute Gasteiger partial charge is 0.313 e. The molecule has 1 fully saturated rings. The van der Waals surface area contributed by atoms with Gasteiger partial charge in [0.2, 0.25) is 0 Å². The van der Waals surface area contributed by atoms with Gasteiger partial charge < -0.3 is 5.32 Å². The van der Waals surface area contributed by atoms with Crippen molar-refractivity contribution < 1.29 is 8.42 Å². The van der Waals surface area contributed by atoms with Gasteiger partial charge in [-0.25, -0.2) is 8.42 Å². The van der Waals surface area contributed by atoms with E-state index in [0.717, 1.165) is 13.1 Å². The molecule has 6 heteroatoms. The Morgan fingerprint density at radius 1 is 1.62 bits per heavy atom. The number of halogens is 1. The Balaban J connectivity index is 2.67. The minimum Gasteiger partial charge on any atom is -0.313 e. The van der Waals surface area contributed by atoms with E-state index in [2.05, 4.69) is 5.32 Å². The van der Waals surface area contributed by atoms with Crippen molar-refractivity contribution in [2.24, 2.45) is 0 Å². The second-order valence-electron chi connectivity index (χ2n) is 3.21. The topological polar surface area (TPSA) is 49.4 Å². The quantitative estimate of drug-likeness (QED) is 0.660. The van der Waals surface area contributed by atoms with Gasteiger partial charge in [0.05, 0.1) is 0 Å². The number of nitrogens with one attached hydrogen (secondary N) is 1. The van der Waals surface area contributed by atoms with Gasteiger partial charge in [0, 0.05) is 38.3 Å². The third-order valence-corrected chi connectivity index (χ3v) is 3.79. The summed E-state index contributed by atoms with van der Waals surface area (Å²) in [4.78, 5) is 1.92. The Bertz CT molecular complexity index is 253. The van der Waals surface area contributed by atoms with Crippen molar-refractivity contribution in [1.29, 1.82) is 0 Å². The number of piperazine rings is 1. The first kappa shape index (κ1) is 11.2. The van der Waals surface area contributed by atoms with Gasteiger partial charge in [-0.05, 0) is 0 Å². The lowest BCUT2D eigenvalue weighted by molar-refractivity contribution is 0.223. The molecule has 0 aliphatic carbocycles. The van der Waals surface area contributed by atoms with E-state index < -0.39 is 15.2 Å². The van der Waals surface area contributed by atoms with Crippen molar-refractivity contribution in [2.75, 3.05) is 38.3 Å². The van der Waals surface area contributed by atoms with Crippen molar-refractivity contribution in [3.8, 4) is 0 Å². The first-order chi connectivity index (χ1) is 6.05. The van der Waals surface area contributed by atoms with Crippen molar-refractivity contribution >= 4 is 21.4 Å². The van der Waals surface area contributed by atoms with Crippen molar-refractivity contribution in [1.82, 2.24) is 10.2 Å². The van der Waals surface area contributed by atoms with Gasteiger partial charge in [0.1, 0.15) is 5.37 Å². The first-order valence-electron chi connectivity index (χ1n) is 4.25. The molecule has 0 aromatic heterocycles. The summed E-state index contributed by atoms with van der Waals surface area (Å²) in [6.07, 6.45) is 1.27. The van der Waals surface area contributed by atoms with Crippen LogP contribution in [0.15, 0.2) is 0 Å². The van der Waals surface area contributed by atoms with E-state index >= 15 is 0 Å². The predicted octanol–water partition coefficient (Wildman–Crippen LogP) is -0.499. The zero-order chi connectivity index (χ0) is 9.90. The van der Waals surface area contributed by atoms with Crippen LogP contribution in [0.5, 0.6) is 0 Å². The highest BCUT2D eigenvalue weighted by Crippen LogP contribution is 2.08. The standard InChI is InChI=1S/C7H15ClN2O2S/c1-13(11,12)7-6-9-3-5-10(7)4-2-8/h7,9H,2-6H2,1H3. The smallest absolute Gasteiger partial charge is 0.164 e. The summed E-state index contributed by atoms with van der Waals surface area (Å²) in [5.41, 5.74) is 0. The van der Waals surface area contributed by atoms with E-state index in [-0.39, 0.29) is 0 Å². The molecular weight excluding hydrogens is 212 g/mol. The molecule has 1 aliphatic heterocycles. The predicted molar refractivity (Wildman–Crippen MR) is 53.8 cm³/mol. The zero-order valence-corrected chi connectivity index (χ0v) is 9.24. The van der Waals surface area contributed by atoms with Gasteiger partial charge >= 0.3 is 0 Å². The van der Waals surface area contributed by atoms with Gasteiger partial charge in [0.25, 0.3) is 0 Å². The highest BCUT2D eigenvalue weighted by molar-refractivity contribution is 7.91. The second kappa shape index (κ2) is 4.59. The van der Waals surface area contributed by atoms with Gasteiger partial charge in [-0.1, -0.05) is 0 Å². The molecular formula is C7H15ClN2O2S. The fourth-order valence-corrected chi connectivity index (χ4v) is 2.90. The van der Waals surface area contributed by atoms with Crippen LogP contribution < -0.4 is 5.32 Å². The van der Waals surface area contributed by atoms with Crippen LogP contribution >= 0.6 is 11.6 Å². The van der Waals surface area contributed by atoms with Crippen molar-refractivity contribution in [3.05, 3.63) is 0 Å². The maximum absolute atomic E-state index is 11.3. The first-order valence-corrected chi connectivity index (χ1v) is 6.74. The number of rotatable bonds is 3. The molecule has 1 aliphatic rings. The van der Waals surface area contributed by atoms with E-state index in [0.29, 0.717) is 19.0 Å². The molecule has 1 saturated heterocycles. The van der Waals surface area contributed by atoms with Crippen LogP contribution in [0.2, 0.25) is 0 Å². The molecule has 0 amide bonds. The lowest BCUT2D eigenvalue weighted by Crippen LogP contribution is -2.54. The molecule has 1 atom stereocenters. The molecule has 0 saturated carbocycles. The van der Waals surface area contributed by atoms with E-state index in [1.165, 1.54) is 6.26 Å². The van der Waals surface area contributed by atoms with Crippen LogP contribution in [0, 0.1) is 0 Å². The van der Waals surface area contributed by atoms with Crippen LogP contribution in [0.4, 0.5) is 0 Å². The second-order valence-corrected chi connectivity index (χ2v) is 5.79. The summed E-state index contributed by atoms with van der Waals surface area (Å²) in [5, 5.41) is 2.66. The molecule has 0 spiro atoms. The highest BCUT2D eigenvalue weighted by Gasteiger charge is 2.29. The SMILES string of the molecule is CS(=O)(=O)C1CNCCN1CCCl. The molecule has 0 aromatic carbocycles. The molecule has 1 heterocycles. The number of sulfone groups is 1. The average molecular weight is 227 g/mol. The lowest BCUT2D eigenvalue weighted by Gasteiger charge is -2.34. The minimum atomic E-state index is -2.99. The molecule has 0 radical (unpaired) electrons. The summed E-state index contributed by atoms with van der Waals surface area (Å²) in [7, 11) is -2.99. The van der Waals surface area contributed by atoms with E-state index in [1.54, 1.807) is 0 Å². The average Bonchev–Trinajstić information content (AvgIpc) is 2.04. The fraction of sp³-hybridized carbons (Fsp3) is 1.00. The Kier molecular flexibility index (Phi) is 3.97. The monoisotopic (exact) mass is 226 g/mol. The van der Waals surface area contributed by atoms with Crippen LogP contribution in [0.25, 0.3) is 0 Å². The van der Waals surface area contributed by atoms with Crippen LogP contribution in [-0.2, 0) is 9.84 Å². The summed E-state index contributed by atoms with van der Waals surface area (Å²) < 4.78 is 22.7. The number of hydrogen-bond donors (Lipinski definition) is 1. The Hall–Kier alpha value is 0.160. The number of hydrogen-bond acceptors (Lipinski definition) is 4. The lowest BCUT2D eigenvalue weighted by atomic mass is 10.4. The minimum absolute atomic E-state index is 0.403. The summed E-state index contributed by atoms with van der Waals surface area (Å²) >= 11 is 5.59. The molecule has 78 valence electrons. The summed E-state index contributed by atoms with van der Waals surface area (Å²) in [5.74, 6) is 0.478. The number of nitrogens with zero attached hydrogens (tertiary/aromatic N) is 1. The Morgan fingerprint density at radius 2 is 2.31 bits per heavy atom. The van der Waals surface area contributed by atoms with Crippen LogP contribution in [-0.4, -0.2) is 57.0 Å². The zero-order valence-electron chi connectivity index (χ0n) is 7.66. The molecule has 4 nitrogen and oxygen atoms in total. The molecule has 1 unspecified atom stereocenters. The molecule has 0 aromatic rings. The molecule has 0 bridgehead atoms. The maximum atomic E-state index is 11.3. The van der Waals surface area contributed by atoms with Crippen LogP contribution in [0.1, 0.15) is 0 Å². The van der Waals surface area contributed by atoms with Crippen LogP contribution in [0.3, 0.4) is 0 Å². The molecule has 13 heavy (non-hydrogen) atoms. The van der Waals surface area contributed by atoms with Crippen molar-refractivity contribution in [3.63, 3.8) is 0 Å².